The normalized spacial score (nSPS) is 14.3. The maximum Gasteiger partial charge on any atom is 0.321 e. The monoisotopic (exact) mass is 230 g/mol. The molecule has 0 aromatic rings. The highest BCUT2D eigenvalue weighted by Gasteiger charge is 2.30. The van der Waals surface area contributed by atoms with E-state index in [1.807, 2.05) is 0 Å². The zero-order valence-electron chi connectivity index (χ0n) is 7.61. The largest absolute Gasteiger partial charge is 0.480 e. The van der Waals surface area contributed by atoms with Gasteiger partial charge in [0.2, 0.25) is 6.43 Å². The van der Waals surface area contributed by atoms with E-state index in [1.54, 1.807) is 0 Å². The van der Waals surface area contributed by atoms with E-state index in [4.69, 9.17) is 5.11 Å². The van der Waals surface area contributed by atoms with Crippen molar-refractivity contribution in [3.63, 3.8) is 0 Å². The minimum Gasteiger partial charge on any atom is -0.480 e. The summed E-state index contributed by atoms with van der Waals surface area (Å²) in [5.74, 6) is -2.27. The van der Waals surface area contributed by atoms with Crippen LogP contribution < -0.4 is 0 Å². The Balaban J connectivity index is 4.51. The molecule has 0 radical (unpaired) electrons. The number of carbonyl (C=O) groups is 1. The molecule has 0 fully saturated rings. The summed E-state index contributed by atoms with van der Waals surface area (Å²) < 4.78 is 45.8. The predicted molar refractivity (Wildman–Crippen MR) is 46.1 cm³/mol. The maximum absolute atomic E-state index is 11.7. The van der Waals surface area contributed by atoms with E-state index in [-0.39, 0.29) is 6.42 Å². The minimum atomic E-state index is -3.95. The van der Waals surface area contributed by atoms with Crippen LogP contribution in [0.4, 0.5) is 8.78 Å². The molecular weight excluding hydrogens is 218 g/mol. The van der Waals surface area contributed by atoms with Crippen LogP contribution in [0.2, 0.25) is 0 Å². The third kappa shape index (κ3) is 3.99. The molecule has 1 N–H and O–H groups in total. The van der Waals surface area contributed by atoms with Crippen LogP contribution in [-0.4, -0.2) is 36.9 Å². The molecule has 0 amide bonds. The molecule has 0 aliphatic rings. The van der Waals surface area contributed by atoms with Gasteiger partial charge in [0.1, 0.15) is 0 Å². The molecule has 4 nitrogen and oxygen atoms in total. The summed E-state index contributed by atoms with van der Waals surface area (Å²) in [7, 11) is -3.95. The van der Waals surface area contributed by atoms with Crippen LogP contribution in [0.15, 0.2) is 0 Å². The van der Waals surface area contributed by atoms with Crippen LogP contribution in [0.3, 0.4) is 0 Å². The number of hydrogen-bond acceptors (Lipinski definition) is 3. The van der Waals surface area contributed by atoms with E-state index in [9.17, 15) is 22.0 Å². The zero-order valence-corrected chi connectivity index (χ0v) is 8.43. The van der Waals surface area contributed by atoms with Gasteiger partial charge in [-0.3, -0.25) is 4.79 Å². The summed E-state index contributed by atoms with van der Waals surface area (Å²) in [5.41, 5.74) is 0. The molecule has 0 aromatic carbocycles. The Morgan fingerprint density at radius 2 is 1.93 bits per heavy atom. The Morgan fingerprint density at radius 3 is 2.21 bits per heavy atom. The number of rotatable bonds is 6. The van der Waals surface area contributed by atoms with Crippen molar-refractivity contribution in [3.05, 3.63) is 0 Å². The first-order chi connectivity index (χ1) is 6.31. The van der Waals surface area contributed by atoms with Gasteiger partial charge in [-0.1, -0.05) is 6.92 Å². The fourth-order valence-electron chi connectivity index (χ4n) is 0.978. The van der Waals surface area contributed by atoms with Crippen LogP contribution in [0.5, 0.6) is 0 Å². The van der Waals surface area contributed by atoms with Crippen molar-refractivity contribution in [1.29, 1.82) is 0 Å². The number of halogens is 2. The summed E-state index contributed by atoms with van der Waals surface area (Å²) >= 11 is 0. The number of aliphatic carboxylic acids is 1. The highest BCUT2D eigenvalue weighted by molar-refractivity contribution is 7.92. The van der Waals surface area contributed by atoms with E-state index in [0.29, 0.717) is 0 Å². The molecule has 7 heteroatoms. The van der Waals surface area contributed by atoms with E-state index < -0.39 is 39.7 Å². The fourth-order valence-corrected chi connectivity index (χ4v) is 2.58. The third-order valence-corrected chi connectivity index (χ3v) is 3.91. The summed E-state index contributed by atoms with van der Waals surface area (Å²) in [6.45, 7) is 1.39. The van der Waals surface area contributed by atoms with Crippen molar-refractivity contribution in [3.8, 4) is 0 Å². The molecule has 84 valence electrons. The van der Waals surface area contributed by atoms with Crippen LogP contribution in [-0.2, 0) is 14.6 Å². The number of carboxylic acids is 1. The summed E-state index contributed by atoms with van der Waals surface area (Å²) in [6.07, 6.45) is -3.65. The SMILES string of the molecule is CCC(C(=O)O)S(=O)(=O)CCC(F)F. The van der Waals surface area contributed by atoms with Crippen molar-refractivity contribution in [2.45, 2.75) is 31.4 Å². The smallest absolute Gasteiger partial charge is 0.321 e. The molecule has 0 aliphatic heterocycles. The number of sulfone groups is 1. The summed E-state index contributed by atoms with van der Waals surface area (Å²) in [4.78, 5) is 10.5. The van der Waals surface area contributed by atoms with Gasteiger partial charge in [0.15, 0.2) is 15.1 Å². The highest BCUT2D eigenvalue weighted by Crippen LogP contribution is 2.11. The van der Waals surface area contributed by atoms with Gasteiger partial charge in [-0.25, -0.2) is 17.2 Å². The summed E-state index contributed by atoms with van der Waals surface area (Å²) in [5, 5.41) is 6.94. The van der Waals surface area contributed by atoms with Gasteiger partial charge < -0.3 is 5.11 Å². The van der Waals surface area contributed by atoms with Gasteiger partial charge in [0.25, 0.3) is 0 Å². The molecule has 0 aromatic heterocycles. The topological polar surface area (TPSA) is 71.4 Å². The van der Waals surface area contributed by atoms with Crippen LogP contribution in [0, 0.1) is 0 Å². The Hall–Kier alpha value is -0.720. The van der Waals surface area contributed by atoms with Gasteiger partial charge in [0.05, 0.1) is 5.75 Å². The summed E-state index contributed by atoms with van der Waals surface area (Å²) in [6, 6.07) is 0. The van der Waals surface area contributed by atoms with E-state index in [2.05, 4.69) is 0 Å². The fraction of sp³-hybridized carbons (Fsp3) is 0.857. The first kappa shape index (κ1) is 13.3. The molecule has 0 spiro atoms. The van der Waals surface area contributed by atoms with Crippen molar-refractivity contribution < 1.29 is 27.1 Å². The number of alkyl halides is 2. The molecule has 0 saturated heterocycles. The Labute approximate surface area is 80.8 Å². The van der Waals surface area contributed by atoms with Gasteiger partial charge in [0, 0.05) is 6.42 Å². The lowest BCUT2D eigenvalue weighted by Crippen LogP contribution is -2.31. The third-order valence-electron chi connectivity index (χ3n) is 1.70. The Bertz CT molecular complexity index is 286. The highest BCUT2D eigenvalue weighted by atomic mass is 32.2. The second-order valence-electron chi connectivity index (χ2n) is 2.78. The number of carboxylic acid groups (broad SMARTS) is 1. The van der Waals surface area contributed by atoms with Crippen molar-refractivity contribution >= 4 is 15.8 Å². The van der Waals surface area contributed by atoms with Crippen molar-refractivity contribution in [2.24, 2.45) is 0 Å². The Kier molecular flexibility index (Phi) is 4.96. The Morgan fingerprint density at radius 1 is 1.43 bits per heavy atom. The van der Waals surface area contributed by atoms with E-state index >= 15 is 0 Å². The van der Waals surface area contributed by atoms with Crippen LogP contribution in [0.1, 0.15) is 19.8 Å². The number of hydrogen-bond donors (Lipinski definition) is 1. The first-order valence-corrected chi connectivity index (χ1v) is 5.75. The molecule has 14 heavy (non-hydrogen) atoms. The molecule has 0 heterocycles. The lowest BCUT2D eigenvalue weighted by molar-refractivity contribution is -0.136. The first-order valence-electron chi connectivity index (χ1n) is 4.03. The lowest BCUT2D eigenvalue weighted by atomic mass is 10.3. The maximum atomic E-state index is 11.7. The molecular formula is C7H12F2O4S. The average Bonchev–Trinajstić information content (AvgIpc) is 2.01. The average molecular weight is 230 g/mol. The molecule has 0 aliphatic carbocycles. The van der Waals surface area contributed by atoms with Gasteiger partial charge >= 0.3 is 5.97 Å². The lowest BCUT2D eigenvalue weighted by Gasteiger charge is -2.10. The molecule has 0 saturated carbocycles. The van der Waals surface area contributed by atoms with Crippen molar-refractivity contribution in [1.82, 2.24) is 0 Å². The van der Waals surface area contributed by atoms with Gasteiger partial charge in [-0.15, -0.1) is 0 Å². The zero-order chi connectivity index (χ0) is 11.4. The molecule has 0 bridgehead atoms. The van der Waals surface area contributed by atoms with Crippen LogP contribution in [0.25, 0.3) is 0 Å². The quantitative estimate of drug-likeness (QED) is 0.736. The second kappa shape index (κ2) is 5.23. The molecule has 1 unspecified atom stereocenters. The molecule has 1 atom stereocenters. The minimum absolute atomic E-state index is 0.110. The van der Waals surface area contributed by atoms with Crippen LogP contribution >= 0.6 is 0 Å². The van der Waals surface area contributed by atoms with Crippen molar-refractivity contribution in [2.75, 3.05) is 5.75 Å². The van der Waals surface area contributed by atoms with E-state index in [0.717, 1.165) is 0 Å². The van der Waals surface area contributed by atoms with E-state index in [1.165, 1.54) is 6.92 Å². The predicted octanol–water partition coefficient (Wildman–Crippen LogP) is 0.920. The molecule has 0 rings (SSSR count). The van der Waals surface area contributed by atoms with Gasteiger partial charge in [-0.2, -0.15) is 0 Å². The second-order valence-corrected chi connectivity index (χ2v) is 5.08. The van der Waals surface area contributed by atoms with Gasteiger partial charge in [-0.05, 0) is 6.42 Å². The standard InChI is InChI=1S/C7H12F2O4S/c1-2-5(7(10)11)14(12,13)4-3-6(8)9/h5-6H,2-4H2,1H3,(H,10,11).